The van der Waals surface area contributed by atoms with E-state index in [1.165, 1.54) is 5.56 Å². The van der Waals surface area contributed by atoms with Gasteiger partial charge in [-0.05, 0) is 42.7 Å². The van der Waals surface area contributed by atoms with E-state index in [0.29, 0.717) is 19.3 Å². The fraction of sp³-hybridized carbons (Fsp3) is 0.300. The third-order valence-electron chi connectivity index (χ3n) is 4.99. The van der Waals surface area contributed by atoms with Gasteiger partial charge < -0.3 is 14.4 Å². The number of benzene rings is 1. The molecule has 5 rings (SSSR count). The molecule has 26 heavy (non-hydrogen) atoms. The van der Waals surface area contributed by atoms with Crippen LogP contribution < -0.4 is 14.4 Å². The Morgan fingerprint density at radius 3 is 2.77 bits per heavy atom. The van der Waals surface area contributed by atoms with Crippen LogP contribution >= 0.6 is 0 Å². The van der Waals surface area contributed by atoms with Crippen LogP contribution in [-0.4, -0.2) is 34.3 Å². The molecule has 1 aromatic carbocycles. The van der Waals surface area contributed by atoms with Crippen LogP contribution in [0.4, 0.5) is 5.82 Å². The fourth-order valence-electron chi connectivity index (χ4n) is 3.77. The number of nitrogens with zero attached hydrogens (tertiary/aromatic N) is 4. The van der Waals surface area contributed by atoms with Crippen LogP contribution in [0.25, 0.3) is 5.82 Å². The quantitative estimate of drug-likeness (QED) is 0.726. The molecule has 0 spiro atoms. The minimum Gasteiger partial charge on any atom is -0.486 e. The molecular weight excluding hydrogens is 328 g/mol. The summed E-state index contributed by atoms with van der Waals surface area (Å²) in [6.45, 7) is 2.23. The second-order valence-electron chi connectivity index (χ2n) is 6.58. The molecule has 0 amide bonds. The average Bonchev–Trinajstić information content (AvgIpc) is 3.40. The number of pyridine rings is 1. The lowest BCUT2D eigenvalue weighted by Gasteiger charge is -2.27. The van der Waals surface area contributed by atoms with Crippen molar-refractivity contribution in [1.29, 1.82) is 0 Å². The van der Waals surface area contributed by atoms with E-state index >= 15 is 0 Å². The molecule has 4 heterocycles. The summed E-state index contributed by atoms with van der Waals surface area (Å²) < 4.78 is 13.3. The van der Waals surface area contributed by atoms with Crippen LogP contribution in [0.1, 0.15) is 24.4 Å². The number of ether oxygens (including phenoxy) is 2. The highest BCUT2D eigenvalue weighted by molar-refractivity contribution is 5.50. The zero-order chi connectivity index (χ0) is 17.3. The molecular formula is C20H20N4O2. The zero-order valence-corrected chi connectivity index (χ0v) is 14.4. The number of anilines is 1. The summed E-state index contributed by atoms with van der Waals surface area (Å²) in [6, 6.07) is 12.7. The first-order chi connectivity index (χ1) is 12.9. The Balaban J connectivity index is 1.47. The van der Waals surface area contributed by atoms with Gasteiger partial charge in [0.25, 0.3) is 0 Å². The van der Waals surface area contributed by atoms with Crippen LogP contribution in [0.15, 0.2) is 55.1 Å². The predicted octanol–water partition coefficient (Wildman–Crippen LogP) is 3.38. The minimum atomic E-state index is 0.302. The van der Waals surface area contributed by atoms with Gasteiger partial charge in [-0.2, -0.15) is 0 Å². The van der Waals surface area contributed by atoms with Gasteiger partial charge in [0.1, 0.15) is 31.2 Å². The van der Waals surface area contributed by atoms with Gasteiger partial charge >= 0.3 is 0 Å². The van der Waals surface area contributed by atoms with Crippen molar-refractivity contribution in [2.45, 2.75) is 18.9 Å². The summed E-state index contributed by atoms with van der Waals surface area (Å²) in [4.78, 5) is 11.3. The number of hydrogen-bond donors (Lipinski definition) is 0. The lowest BCUT2D eigenvalue weighted by molar-refractivity contribution is 0.171. The van der Waals surface area contributed by atoms with Gasteiger partial charge in [-0.3, -0.25) is 4.57 Å². The molecule has 0 bridgehead atoms. The molecule has 2 aromatic heterocycles. The summed E-state index contributed by atoms with van der Waals surface area (Å²) in [6.07, 6.45) is 7.71. The van der Waals surface area contributed by atoms with Gasteiger partial charge in [0.05, 0.1) is 6.04 Å². The third-order valence-corrected chi connectivity index (χ3v) is 4.99. The Bertz CT molecular complexity index is 910. The number of aromatic nitrogens is 3. The van der Waals surface area contributed by atoms with Crippen molar-refractivity contribution in [3.8, 4) is 17.3 Å². The maximum absolute atomic E-state index is 5.76. The number of fused-ring (bicyclic) bond motifs is 1. The molecule has 2 aliphatic heterocycles. The number of hydrogen-bond acceptors (Lipinski definition) is 5. The van der Waals surface area contributed by atoms with Gasteiger partial charge in [-0.25, -0.2) is 9.97 Å². The molecule has 0 radical (unpaired) electrons. The van der Waals surface area contributed by atoms with Crippen LogP contribution in [0.2, 0.25) is 0 Å². The first-order valence-corrected chi connectivity index (χ1v) is 9.00. The summed E-state index contributed by atoms with van der Waals surface area (Å²) in [5.74, 6) is 3.56. The van der Waals surface area contributed by atoms with Crippen molar-refractivity contribution in [2.24, 2.45) is 0 Å². The van der Waals surface area contributed by atoms with E-state index in [0.717, 1.165) is 42.5 Å². The molecule has 6 heteroatoms. The largest absolute Gasteiger partial charge is 0.486 e. The molecule has 0 N–H and O–H groups in total. The minimum absolute atomic E-state index is 0.302. The first-order valence-electron chi connectivity index (χ1n) is 9.00. The molecule has 1 saturated heterocycles. The fourth-order valence-corrected chi connectivity index (χ4v) is 3.77. The summed E-state index contributed by atoms with van der Waals surface area (Å²) in [5.41, 5.74) is 1.25. The van der Waals surface area contributed by atoms with Crippen molar-refractivity contribution in [3.63, 3.8) is 0 Å². The molecule has 3 aromatic rings. The third kappa shape index (κ3) is 2.67. The Hall–Kier alpha value is -3.02. The zero-order valence-electron chi connectivity index (χ0n) is 14.4. The Morgan fingerprint density at radius 1 is 1.00 bits per heavy atom. The van der Waals surface area contributed by atoms with Gasteiger partial charge in [0, 0.05) is 18.9 Å². The SMILES string of the molecule is c1cc(N2CCC[C@@H]2c2ccc3c(c2)OCCO3)nc(-n2ccnc2)c1. The number of imidazole rings is 1. The normalized spacial score (nSPS) is 18.9. The molecule has 0 aliphatic carbocycles. The van der Waals surface area contributed by atoms with Crippen molar-refractivity contribution >= 4 is 5.82 Å². The van der Waals surface area contributed by atoms with Gasteiger partial charge in [0.15, 0.2) is 11.5 Å². The Labute approximate surface area is 152 Å². The molecule has 132 valence electrons. The lowest BCUT2D eigenvalue weighted by Crippen LogP contribution is -2.24. The Morgan fingerprint density at radius 2 is 1.88 bits per heavy atom. The van der Waals surface area contributed by atoms with Gasteiger partial charge in [-0.15, -0.1) is 0 Å². The standard InChI is InChI=1S/C20H20N4O2/c1-4-19(23-10-8-21-14-23)22-20(5-1)24-9-2-3-16(24)15-6-7-17-18(13-15)26-12-11-25-17/h1,4-8,10,13-14,16H,2-3,9,11-12H2/t16-/m1/s1. The van der Waals surface area contributed by atoms with Crippen molar-refractivity contribution in [2.75, 3.05) is 24.7 Å². The van der Waals surface area contributed by atoms with Crippen LogP contribution in [0, 0.1) is 0 Å². The summed E-state index contributed by atoms with van der Waals surface area (Å²) >= 11 is 0. The summed E-state index contributed by atoms with van der Waals surface area (Å²) in [5, 5.41) is 0. The molecule has 2 aliphatic rings. The van der Waals surface area contributed by atoms with E-state index in [-0.39, 0.29) is 0 Å². The van der Waals surface area contributed by atoms with E-state index in [4.69, 9.17) is 14.5 Å². The van der Waals surface area contributed by atoms with Crippen LogP contribution in [0.5, 0.6) is 11.5 Å². The lowest BCUT2D eigenvalue weighted by atomic mass is 10.0. The average molecular weight is 348 g/mol. The summed E-state index contributed by atoms with van der Waals surface area (Å²) in [7, 11) is 0. The second-order valence-corrected chi connectivity index (χ2v) is 6.58. The van der Waals surface area contributed by atoms with Crippen molar-refractivity contribution in [3.05, 3.63) is 60.7 Å². The molecule has 0 unspecified atom stereocenters. The van der Waals surface area contributed by atoms with Crippen LogP contribution in [-0.2, 0) is 0 Å². The molecule has 0 saturated carbocycles. The molecule has 6 nitrogen and oxygen atoms in total. The van der Waals surface area contributed by atoms with E-state index in [9.17, 15) is 0 Å². The van der Waals surface area contributed by atoms with Crippen LogP contribution in [0.3, 0.4) is 0 Å². The highest BCUT2D eigenvalue weighted by Crippen LogP contribution is 2.39. The first kappa shape index (κ1) is 15.3. The Kier molecular flexibility index (Phi) is 3.74. The maximum Gasteiger partial charge on any atom is 0.161 e. The van der Waals surface area contributed by atoms with E-state index in [1.54, 1.807) is 12.5 Å². The monoisotopic (exact) mass is 348 g/mol. The second kappa shape index (κ2) is 6.37. The molecule has 1 fully saturated rings. The maximum atomic E-state index is 5.76. The highest BCUT2D eigenvalue weighted by atomic mass is 16.6. The highest BCUT2D eigenvalue weighted by Gasteiger charge is 2.28. The smallest absolute Gasteiger partial charge is 0.161 e. The van der Waals surface area contributed by atoms with E-state index in [1.807, 2.05) is 22.9 Å². The predicted molar refractivity (Wildman–Crippen MR) is 98.1 cm³/mol. The van der Waals surface area contributed by atoms with Crippen molar-refractivity contribution < 1.29 is 9.47 Å². The number of rotatable bonds is 3. The molecule has 1 atom stereocenters. The topological polar surface area (TPSA) is 52.4 Å². The van der Waals surface area contributed by atoms with Gasteiger partial charge in [-0.1, -0.05) is 12.1 Å². The van der Waals surface area contributed by atoms with E-state index < -0.39 is 0 Å². The van der Waals surface area contributed by atoms with Gasteiger partial charge in [0.2, 0.25) is 0 Å². The van der Waals surface area contributed by atoms with Crippen molar-refractivity contribution in [1.82, 2.24) is 14.5 Å². The van der Waals surface area contributed by atoms with E-state index in [2.05, 4.69) is 34.1 Å².